The molecule has 0 saturated heterocycles. The van der Waals surface area contributed by atoms with E-state index in [-0.39, 0.29) is 0 Å². The molecule has 1 aromatic carbocycles. The van der Waals surface area contributed by atoms with Crippen molar-refractivity contribution in [2.75, 3.05) is 20.7 Å². The van der Waals surface area contributed by atoms with Crippen LogP contribution in [0.15, 0.2) is 18.2 Å². The summed E-state index contributed by atoms with van der Waals surface area (Å²) in [6, 6.07) is 5.69. The van der Waals surface area contributed by atoms with E-state index in [4.69, 9.17) is 4.74 Å². The number of methoxy groups -OCH3 is 1. The molecule has 0 aromatic heterocycles. The molecule has 1 rings (SSSR count). The maximum atomic E-state index is 9.76. The molecule has 2 N–H and O–H groups in total. The number of ether oxygens (including phenoxy) is 1. The maximum absolute atomic E-state index is 9.76. The lowest BCUT2D eigenvalue weighted by molar-refractivity contribution is 0.177. The standard InChI is InChI=1S/C11H17NO2/c1-8-6-9(14-3)4-5-10(8)11(13)7-12-2/h4-6,11-13H,7H2,1-3H3. The number of benzene rings is 1. The van der Waals surface area contributed by atoms with Crippen LogP contribution in [0.1, 0.15) is 17.2 Å². The van der Waals surface area contributed by atoms with Gasteiger partial charge < -0.3 is 15.2 Å². The van der Waals surface area contributed by atoms with Crippen molar-refractivity contribution in [3.8, 4) is 5.75 Å². The highest BCUT2D eigenvalue weighted by Crippen LogP contribution is 2.21. The van der Waals surface area contributed by atoms with Gasteiger partial charge in [-0.25, -0.2) is 0 Å². The minimum absolute atomic E-state index is 0.453. The molecule has 3 nitrogen and oxygen atoms in total. The minimum Gasteiger partial charge on any atom is -0.497 e. The Balaban J connectivity index is 2.88. The SMILES string of the molecule is CNCC(O)c1ccc(OC)cc1C. The molecular weight excluding hydrogens is 178 g/mol. The van der Waals surface area contributed by atoms with Crippen LogP contribution in [0.5, 0.6) is 5.75 Å². The van der Waals surface area contributed by atoms with Crippen molar-refractivity contribution in [1.29, 1.82) is 0 Å². The fourth-order valence-electron chi connectivity index (χ4n) is 1.45. The van der Waals surface area contributed by atoms with Gasteiger partial charge in [0.05, 0.1) is 13.2 Å². The summed E-state index contributed by atoms with van der Waals surface area (Å²) >= 11 is 0. The zero-order valence-electron chi connectivity index (χ0n) is 8.87. The second-order valence-corrected chi connectivity index (χ2v) is 3.30. The Bertz CT molecular complexity index is 299. The summed E-state index contributed by atoms with van der Waals surface area (Å²) < 4.78 is 5.09. The van der Waals surface area contributed by atoms with Gasteiger partial charge in [-0.1, -0.05) is 6.07 Å². The summed E-state index contributed by atoms with van der Waals surface area (Å²) in [4.78, 5) is 0. The maximum Gasteiger partial charge on any atom is 0.119 e. The highest BCUT2D eigenvalue weighted by Gasteiger charge is 2.09. The molecule has 0 aliphatic rings. The normalized spacial score (nSPS) is 12.6. The van der Waals surface area contributed by atoms with Crippen molar-refractivity contribution in [2.45, 2.75) is 13.0 Å². The van der Waals surface area contributed by atoms with E-state index in [1.54, 1.807) is 7.11 Å². The fourth-order valence-corrected chi connectivity index (χ4v) is 1.45. The summed E-state index contributed by atoms with van der Waals surface area (Å²) in [5.41, 5.74) is 1.99. The van der Waals surface area contributed by atoms with E-state index < -0.39 is 6.10 Å². The zero-order valence-corrected chi connectivity index (χ0v) is 8.87. The molecule has 0 aliphatic carbocycles. The first-order chi connectivity index (χ1) is 6.69. The summed E-state index contributed by atoms with van der Waals surface area (Å²) in [5, 5.41) is 12.7. The Morgan fingerprint density at radius 1 is 1.50 bits per heavy atom. The predicted molar refractivity (Wildman–Crippen MR) is 56.6 cm³/mol. The number of rotatable bonds is 4. The molecule has 0 aliphatic heterocycles. The van der Waals surface area contributed by atoms with Crippen LogP contribution in [0.25, 0.3) is 0 Å². The monoisotopic (exact) mass is 195 g/mol. The largest absolute Gasteiger partial charge is 0.497 e. The third kappa shape index (κ3) is 2.47. The molecule has 3 heteroatoms. The average Bonchev–Trinajstić information content (AvgIpc) is 2.17. The van der Waals surface area contributed by atoms with E-state index in [1.165, 1.54) is 0 Å². The van der Waals surface area contributed by atoms with Gasteiger partial charge >= 0.3 is 0 Å². The summed E-state index contributed by atoms with van der Waals surface area (Å²) in [6.45, 7) is 2.53. The Labute approximate surface area is 84.7 Å². The van der Waals surface area contributed by atoms with Gasteiger partial charge in [0, 0.05) is 6.54 Å². The van der Waals surface area contributed by atoms with Crippen LogP contribution in [0.2, 0.25) is 0 Å². The average molecular weight is 195 g/mol. The number of aliphatic hydroxyl groups is 1. The third-order valence-electron chi connectivity index (χ3n) is 2.23. The molecule has 1 unspecified atom stereocenters. The molecule has 0 spiro atoms. The summed E-state index contributed by atoms with van der Waals surface area (Å²) in [6.07, 6.45) is -0.453. The van der Waals surface area contributed by atoms with Crippen LogP contribution in [0, 0.1) is 6.92 Å². The molecule has 1 atom stereocenters. The predicted octanol–water partition coefficient (Wildman–Crippen LogP) is 1.26. The first kappa shape index (κ1) is 11.0. The van der Waals surface area contributed by atoms with Crippen LogP contribution in [-0.2, 0) is 0 Å². The lowest BCUT2D eigenvalue weighted by atomic mass is 10.0. The Morgan fingerprint density at radius 3 is 2.71 bits per heavy atom. The molecule has 0 fully saturated rings. The molecule has 14 heavy (non-hydrogen) atoms. The number of aliphatic hydroxyl groups excluding tert-OH is 1. The van der Waals surface area contributed by atoms with Crippen LogP contribution in [-0.4, -0.2) is 25.8 Å². The quantitative estimate of drug-likeness (QED) is 0.760. The van der Waals surface area contributed by atoms with E-state index in [9.17, 15) is 5.11 Å². The van der Waals surface area contributed by atoms with Gasteiger partial charge in [-0.15, -0.1) is 0 Å². The lowest BCUT2D eigenvalue weighted by Gasteiger charge is -2.13. The molecule has 78 valence electrons. The van der Waals surface area contributed by atoms with Gasteiger partial charge in [0.15, 0.2) is 0 Å². The van der Waals surface area contributed by atoms with Crippen molar-refractivity contribution in [3.05, 3.63) is 29.3 Å². The van der Waals surface area contributed by atoms with Crippen LogP contribution in [0.3, 0.4) is 0 Å². The van der Waals surface area contributed by atoms with Gasteiger partial charge in [0.1, 0.15) is 5.75 Å². The number of hydrogen-bond donors (Lipinski definition) is 2. The topological polar surface area (TPSA) is 41.5 Å². The van der Waals surface area contributed by atoms with Gasteiger partial charge in [-0.05, 0) is 37.2 Å². The highest BCUT2D eigenvalue weighted by molar-refractivity contribution is 5.36. The first-order valence-electron chi connectivity index (χ1n) is 4.66. The van der Waals surface area contributed by atoms with Crippen molar-refractivity contribution >= 4 is 0 Å². The smallest absolute Gasteiger partial charge is 0.119 e. The van der Waals surface area contributed by atoms with E-state index in [2.05, 4.69) is 5.32 Å². The van der Waals surface area contributed by atoms with Crippen LogP contribution < -0.4 is 10.1 Å². The van der Waals surface area contributed by atoms with Crippen LogP contribution >= 0.6 is 0 Å². The Morgan fingerprint density at radius 2 is 2.21 bits per heavy atom. The molecule has 0 saturated carbocycles. The van der Waals surface area contributed by atoms with Crippen molar-refractivity contribution < 1.29 is 9.84 Å². The number of nitrogens with one attached hydrogen (secondary N) is 1. The number of hydrogen-bond acceptors (Lipinski definition) is 3. The first-order valence-corrected chi connectivity index (χ1v) is 4.66. The summed E-state index contributed by atoms with van der Waals surface area (Å²) in [7, 11) is 3.46. The second kappa shape index (κ2) is 4.98. The van der Waals surface area contributed by atoms with E-state index in [0.29, 0.717) is 6.54 Å². The van der Waals surface area contributed by atoms with Crippen molar-refractivity contribution in [3.63, 3.8) is 0 Å². The zero-order chi connectivity index (χ0) is 10.6. The molecular formula is C11H17NO2. The molecule has 1 aromatic rings. The molecule has 0 heterocycles. The molecule has 0 amide bonds. The van der Waals surface area contributed by atoms with Gasteiger partial charge in [0.2, 0.25) is 0 Å². The molecule has 0 radical (unpaired) electrons. The fraction of sp³-hybridized carbons (Fsp3) is 0.455. The van der Waals surface area contributed by atoms with Gasteiger partial charge in [-0.3, -0.25) is 0 Å². The Hall–Kier alpha value is -1.06. The number of likely N-dealkylation sites (N-methyl/N-ethyl adjacent to an activating group) is 1. The highest BCUT2D eigenvalue weighted by atomic mass is 16.5. The molecule has 0 bridgehead atoms. The Kier molecular flexibility index (Phi) is 3.92. The summed E-state index contributed by atoms with van der Waals surface area (Å²) in [5.74, 6) is 0.822. The van der Waals surface area contributed by atoms with Crippen molar-refractivity contribution in [1.82, 2.24) is 5.32 Å². The van der Waals surface area contributed by atoms with E-state index >= 15 is 0 Å². The van der Waals surface area contributed by atoms with Crippen molar-refractivity contribution in [2.24, 2.45) is 0 Å². The minimum atomic E-state index is -0.453. The van der Waals surface area contributed by atoms with E-state index in [1.807, 2.05) is 32.2 Å². The van der Waals surface area contributed by atoms with Gasteiger partial charge in [0.25, 0.3) is 0 Å². The second-order valence-electron chi connectivity index (χ2n) is 3.30. The van der Waals surface area contributed by atoms with Gasteiger partial charge in [-0.2, -0.15) is 0 Å². The lowest BCUT2D eigenvalue weighted by Crippen LogP contribution is -2.17. The number of aryl methyl sites for hydroxylation is 1. The van der Waals surface area contributed by atoms with E-state index in [0.717, 1.165) is 16.9 Å². The third-order valence-corrected chi connectivity index (χ3v) is 2.23. The van der Waals surface area contributed by atoms with Crippen LogP contribution in [0.4, 0.5) is 0 Å².